The predicted molar refractivity (Wildman–Crippen MR) is 115 cm³/mol. The molecule has 0 radical (unpaired) electrons. The molecule has 4 aromatic rings. The summed E-state index contributed by atoms with van der Waals surface area (Å²) in [5.41, 5.74) is 2.56. The lowest BCUT2D eigenvalue weighted by atomic mass is 9.89. The van der Waals surface area contributed by atoms with Gasteiger partial charge in [0.15, 0.2) is 0 Å². The molecule has 0 aliphatic rings. The van der Waals surface area contributed by atoms with Crippen molar-refractivity contribution in [3.63, 3.8) is 0 Å². The number of aromatic hydroxyl groups is 2. The van der Waals surface area contributed by atoms with Crippen molar-refractivity contribution in [2.75, 3.05) is 14.2 Å². The van der Waals surface area contributed by atoms with Crippen LogP contribution in [0, 0.1) is 0 Å². The van der Waals surface area contributed by atoms with E-state index in [4.69, 9.17) is 9.47 Å². The van der Waals surface area contributed by atoms with E-state index >= 15 is 0 Å². The second-order valence-corrected chi connectivity index (χ2v) is 7.46. The zero-order valence-corrected chi connectivity index (χ0v) is 17.1. The van der Waals surface area contributed by atoms with Crippen LogP contribution < -0.4 is 4.74 Å². The monoisotopic (exact) mass is 438 g/mol. The lowest BCUT2D eigenvalue weighted by molar-refractivity contribution is 0.185. The van der Waals surface area contributed by atoms with Crippen LogP contribution in [0.1, 0.15) is 5.56 Å². The highest BCUT2D eigenvalue weighted by molar-refractivity contribution is 9.10. The summed E-state index contributed by atoms with van der Waals surface area (Å²) >= 11 is 3.46. The quantitative estimate of drug-likeness (QED) is 0.410. The molecule has 0 fully saturated rings. The third kappa shape index (κ3) is 3.07. The van der Waals surface area contributed by atoms with Crippen molar-refractivity contribution in [3.8, 4) is 28.4 Å². The molecule has 4 aromatic carbocycles. The van der Waals surface area contributed by atoms with Gasteiger partial charge in [-0.05, 0) is 85.0 Å². The summed E-state index contributed by atoms with van der Waals surface area (Å²) in [6, 6.07) is 16.9. The number of phenolic OH excluding ortho intramolecular Hbond substituents is 2. The van der Waals surface area contributed by atoms with E-state index in [9.17, 15) is 10.2 Å². The molecule has 4 nitrogen and oxygen atoms in total. The Morgan fingerprint density at radius 1 is 0.821 bits per heavy atom. The molecule has 2 N–H and O–H groups in total. The van der Waals surface area contributed by atoms with Crippen molar-refractivity contribution in [2.45, 2.75) is 6.61 Å². The van der Waals surface area contributed by atoms with Crippen LogP contribution in [-0.4, -0.2) is 24.4 Å². The van der Waals surface area contributed by atoms with Gasteiger partial charge in [0.05, 0.1) is 18.2 Å². The second-order valence-electron chi connectivity index (χ2n) is 6.61. The number of halogens is 1. The number of rotatable bonds is 4. The van der Waals surface area contributed by atoms with E-state index in [0.717, 1.165) is 38.4 Å². The number of phenols is 2. The maximum Gasteiger partial charge on any atom is 0.138 e. The van der Waals surface area contributed by atoms with Crippen LogP contribution in [0.5, 0.6) is 17.2 Å². The first-order valence-corrected chi connectivity index (χ1v) is 9.56. The summed E-state index contributed by atoms with van der Waals surface area (Å²) in [4.78, 5) is 0. The lowest BCUT2D eigenvalue weighted by Crippen LogP contribution is -1.96. The van der Waals surface area contributed by atoms with Crippen molar-refractivity contribution < 1.29 is 19.7 Å². The molecule has 0 aliphatic heterocycles. The van der Waals surface area contributed by atoms with Crippen LogP contribution in [0.15, 0.2) is 59.1 Å². The number of ether oxygens (including phenoxy) is 2. The summed E-state index contributed by atoms with van der Waals surface area (Å²) in [5, 5.41) is 24.6. The van der Waals surface area contributed by atoms with E-state index in [1.807, 2.05) is 36.4 Å². The van der Waals surface area contributed by atoms with Gasteiger partial charge in [-0.25, -0.2) is 0 Å². The highest BCUT2D eigenvalue weighted by atomic mass is 79.9. The molecule has 0 saturated carbocycles. The third-order valence-electron chi connectivity index (χ3n) is 4.91. The summed E-state index contributed by atoms with van der Waals surface area (Å²) in [6.07, 6.45) is 0. The fourth-order valence-electron chi connectivity index (χ4n) is 3.65. The van der Waals surface area contributed by atoms with Crippen LogP contribution in [0.2, 0.25) is 0 Å². The fraction of sp³-hybridized carbons (Fsp3) is 0.130. The molecule has 142 valence electrons. The van der Waals surface area contributed by atoms with Crippen molar-refractivity contribution in [1.82, 2.24) is 0 Å². The molecule has 0 amide bonds. The van der Waals surface area contributed by atoms with Crippen molar-refractivity contribution >= 4 is 37.5 Å². The molecule has 0 aliphatic carbocycles. The summed E-state index contributed by atoms with van der Waals surface area (Å²) in [7, 11) is 3.29. The summed E-state index contributed by atoms with van der Waals surface area (Å²) < 4.78 is 11.4. The molecule has 4 rings (SSSR count). The standard InChI is InChI=1S/C23H19BrO4/c1-27-12-14-4-3-13-10-17(28-2)6-8-18(13)21(14)22-19-7-5-16(25)9-15(19)11-20(24)23(22)26/h3-11,25-26H,12H2,1-2H3. The first kappa shape index (κ1) is 18.6. The van der Waals surface area contributed by atoms with Crippen LogP contribution in [0.4, 0.5) is 0 Å². The van der Waals surface area contributed by atoms with Crippen LogP contribution in [-0.2, 0) is 11.3 Å². The maximum atomic E-state index is 11.0. The van der Waals surface area contributed by atoms with E-state index in [1.54, 1.807) is 32.4 Å². The summed E-state index contributed by atoms with van der Waals surface area (Å²) in [5.74, 6) is 1.10. The minimum atomic E-state index is 0.152. The predicted octanol–water partition coefficient (Wildman–Crippen LogP) is 5.99. The molecule has 0 unspecified atom stereocenters. The first-order valence-electron chi connectivity index (χ1n) is 8.76. The van der Waals surface area contributed by atoms with Crippen LogP contribution >= 0.6 is 15.9 Å². The molecule has 0 bridgehead atoms. The van der Waals surface area contributed by atoms with Gasteiger partial charge >= 0.3 is 0 Å². The van der Waals surface area contributed by atoms with Gasteiger partial charge in [0.1, 0.15) is 17.2 Å². The fourth-order valence-corrected chi connectivity index (χ4v) is 4.10. The van der Waals surface area contributed by atoms with E-state index in [0.29, 0.717) is 16.6 Å². The van der Waals surface area contributed by atoms with E-state index in [1.165, 1.54) is 0 Å². The first-order chi connectivity index (χ1) is 13.5. The lowest BCUT2D eigenvalue weighted by Gasteiger charge is -2.18. The zero-order chi connectivity index (χ0) is 19.8. The largest absolute Gasteiger partial charge is 0.508 e. The Labute approximate surface area is 171 Å². The van der Waals surface area contributed by atoms with Gasteiger partial charge in [-0.3, -0.25) is 0 Å². The van der Waals surface area contributed by atoms with Crippen molar-refractivity contribution in [1.29, 1.82) is 0 Å². The highest BCUT2D eigenvalue weighted by Crippen LogP contribution is 2.46. The van der Waals surface area contributed by atoms with Gasteiger partial charge in [0, 0.05) is 12.7 Å². The third-order valence-corrected chi connectivity index (χ3v) is 5.52. The second kappa shape index (κ2) is 7.34. The molecular weight excluding hydrogens is 420 g/mol. The van der Waals surface area contributed by atoms with Gasteiger partial charge in [0.2, 0.25) is 0 Å². The minimum Gasteiger partial charge on any atom is -0.508 e. The topological polar surface area (TPSA) is 58.9 Å². The molecule has 5 heteroatoms. The molecule has 28 heavy (non-hydrogen) atoms. The smallest absolute Gasteiger partial charge is 0.138 e. The minimum absolute atomic E-state index is 0.152. The molecule has 0 heterocycles. The Kier molecular flexibility index (Phi) is 4.87. The van der Waals surface area contributed by atoms with Crippen molar-refractivity contribution in [3.05, 3.63) is 64.6 Å². The van der Waals surface area contributed by atoms with Gasteiger partial charge in [-0.2, -0.15) is 0 Å². The van der Waals surface area contributed by atoms with Gasteiger partial charge < -0.3 is 19.7 Å². The van der Waals surface area contributed by atoms with Gasteiger partial charge in [-0.15, -0.1) is 0 Å². The number of fused-ring (bicyclic) bond motifs is 2. The molecule has 0 spiro atoms. The molecule has 0 aromatic heterocycles. The number of benzene rings is 4. The Bertz CT molecular complexity index is 1200. The number of methoxy groups -OCH3 is 2. The average molecular weight is 439 g/mol. The van der Waals surface area contributed by atoms with Gasteiger partial charge in [-0.1, -0.05) is 18.2 Å². The van der Waals surface area contributed by atoms with Crippen LogP contribution in [0.25, 0.3) is 32.7 Å². The molecular formula is C23H19BrO4. The van der Waals surface area contributed by atoms with E-state index in [-0.39, 0.29) is 11.5 Å². The Balaban J connectivity index is 2.16. The van der Waals surface area contributed by atoms with Gasteiger partial charge in [0.25, 0.3) is 0 Å². The Morgan fingerprint density at radius 3 is 2.32 bits per heavy atom. The number of hydrogen-bond donors (Lipinski definition) is 2. The molecule has 0 saturated heterocycles. The van der Waals surface area contributed by atoms with E-state index < -0.39 is 0 Å². The molecule has 0 atom stereocenters. The summed E-state index contributed by atoms with van der Waals surface area (Å²) in [6.45, 7) is 0.406. The highest BCUT2D eigenvalue weighted by Gasteiger charge is 2.19. The average Bonchev–Trinajstić information content (AvgIpc) is 2.69. The maximum absolute atomic E-state index is 11.0. The van der Waals surface area contributed by atoms with Crippen LogP contribution in [0.3, 0.4) is 0 Å². The Hall–Kier alpha value is -2.76. The SMILES string of the molecule is COCc1ccc2cc(OC)ccc2c1-c1c(O)c(Br)cc2cc(O)ccc12. The Morgan fingerprint density at radius 2 is 1.57 bits per heavy atom. The number of hydrogen-bond acceptors (Lipinski definition) is 4. The van der Waals surface area contributed by atoms with Crippen molar-refractivity contribution in [2.24, 2.45) is 0 Å². The zero-order valence-electron chi connectivity index (χ0n) is 15.5. The van der Waals surface area contributed by atoms with E-state index in [2.05, 4.69) is 15.9 Å². The normalized spacial score (nSPS) is 11.2.